The van der Waals surface area contributed by atoms with Gasteiger partial charge < -0.3 is 10.6 Å². The van der Waals surface area contributed by atoms with Gasteiger partial charge in [-0.25, -0.2) is 10.1 Å². The number of hydrogen-bond donors (Lipinski definition) is 2. The Morgan fingerprint density at radius 2 is 1.70 bits per heavy atom. The van der Waals surface area contributed by atoms with Gasteiger partial charge in [0.05, 0.1) is 5.69 Å². The topological polar surface area (TPSA) is 96.6 Å². The minimum Gasteiger partial charge on any atom is -0.399 e. The Hall–Kier alpha value is -3.74. The predicted octanol–water partition coefficient (Wildman–Crippen LogP) is 4.17. The summed E-state index contributed by atoms with van der Waals surface area (Å²) in [6.45, 7) is 6.05. The Kier molecular flexibility index (Phi) is 5.70. The highest BCUT2D eigenvalue weighted by molar-refractivity contribution is 5.80. The molecule has 7 nitrogen and oxygen atoms in total. The summed E-state index contributed by atoms with van der Waals surface area (Å²) in [6, 6.07) is 22.1. The highest BCUT2D eigenvalue weighted by atomic mass is 15.5. The van der Waals surface area contributed by atoms with Gasteiger partial charge in [-0.05, 0) is 28.0 Å². The third-order valence-corrected chi connectivity index (χ3v) is 4.76. The molecule has 4 aromatic rings. The smallest absolute Gasteiger partial charge is 0.180 e. The van der Waals surface area contributed by atoms with Crippen molar-refractivity contribution in [3.63, 3.8) is 0 Å². The number of aromatic amines is 1. The van der Waals surface area contributed by atoms with E-state index in [1.807, 2.05) is 42.5 Å². The quantitative estimate of drug-likeness (QED) is 0.484. The van der Waals surface area contributed by atoms with Crippen LogP contribution in [0.1, 0.15) is 19.4 Å². The van der Waals surface area contributed by atoms with Gasteiger partial charge in [0.1, 0.15) is 5.82 Å². The summed E-state index contributed by atoms with van der Waals surface area (Å²) in [5.41, 5.74) is 10.8. The first kappa shape index (κ1) is 19.6. The number of tetrazole rings is 1. The van der Waals surface area contributed by atoms with E-state index in [9.17, 15) is 0 Å². The lowest BCUT2D eigenvalue weighted by Crippen LogP contribution is -2.28. The summed E-state index contributed by atoms with van der Waals surface area (Å²) in [5.74, 6) is 1.93. The summed E-state index contributed by atoms with van der Waals surface area (Å²) in [6.07, 6.45) is 0. The molecule has 0 aliphatic rings. The molecule has 0 atom stereocenters. The summed E-state index contributed by atoms with van der Waals surface area (Å²) in [7, 11) is 0. The number of nitrogens with two attached hydrogens (primary N) is 1. The minimum atomic E-state index is 0.480. The van der Waals surface area contributed by atoms with E-state index in [0.29, 0.717) is 17.4 Å². The van der Waals surface area contributed by atoms with Crippen LogP contribution in [0.15, 0.2) is 66.7 Å². The Bertz CT molecular complexity index is 1090. The number of anilines is 2. The second-order valence-corrected chi connectivity index (χ2v) is 7.70. The number of nitrogens with zero attached hydrogens (tertiary/aromatic N) is 5. The molecule has 0 bridgehead atoms. The molecule has 0 spiro atoms. The van der Waals surface area contributed by atoms with Crippen LogP contribution in [0.4, 0.5) is 11.5 Å². The van der Waals surface area contributed by atoms with Crippen molar-refractivity contribution in [2.24, 2.45) is 5.92 Å². The van der Waals surface area contributed by atoms with Crippen molar-refractivity contribution >= 4 is 11.5 Å². The lowest BCUT2D eigenvalue weighted by Gasteiger charge is -2.26. The average molecular weight is 400 g/mol. The van der Waals surface area contributed by atoms with Gasteiger partial charge >= 0.3 is 0 Å². The number of nitrogens with one attached hydrogen (secondary N) is 1. The van der Waals surface area contributed by atoms with Crippen LogP contribution in [0.2, 0.25) is 0 Å². The fraction of sp³-hybridized carbons (Fsp3) is 0.217. The lowest BCUT2D eigenvalue weighted by molar-refractivity contribution is 0.605. The van der Waals surface area contributed by atoms with E-state index < -0.39 is 0 Å². The number of H-pyrrole nitrogens is 1. The van der Waals surface area contributed by atoms with Crippen molar-refractivity contribution in [3.05, 3.63) is 72.3 Å². The molecule has 2 aromatic heterocycles. The number of nitrogen functional groups attached to an aromatic ring is 1. The zero-order valence-electron chi connectivity index (χ0n) is 17.2. The summed E-state index contributed by atoms with van der Waals surface area (Å²) in [4.78, 5) is 7.26. The SMILES string of the molecule is CC(C)CN(Cc1ccccc1)c1cc(N)cc(-c2ccccc2-c2nnn[nH]2)n1. The first-order valence-corrected chi connectivity index (χ1v) is 10.00. The fourth-order valence-electron chi connectivity index (χ4n) is 3.51. The van der Waals surface area contributed by atoms with Crippen LogP contribution < -0.4 is 10.6 Å². The highest BCUT2D eigenvalue weighted by Gasteiger charge is 2.16. The van der Waals surface area contributed by atoms with Crippen molar-refractivity contribution in [1.82, 2.24) is 25.6 Å². The van der Waals surface area contributed by atoms with Crippen molar-refractivity contribution < 1.29 is 0 Å². The van der Waals surface area contributed by atoms with E-state index in [2.05, 4.69) is 63.6 Å². The third kappa shape index (κ3) is 4.46. The monoisotopic (exact) mass is 399 g/mol. The molecule has 0 unspecified atom stereocenters. The van der Waals surface area contributed by atoms with E-state index in [-0.39, 0.29) is 0 Å². The van der Waals surface area contributed by atoms with Gasteiger partial charge in [0.25, 0.3) is 0 Å². The first-order chi connectivity index (χ1) is 14.6. The number of benzene rings is 2. The lowest BCUT2D eigenvalue weighted by atomic mass is 10.0. The molecule has 0 aliphatic heterocycles. The van der Waals surface area contributed by atoms with Crippen LogP contribution in [-0.2, 0) is 6.54 Å². The second-order valence-electron chi connectivity index (χ2n) is 7.70. The summed E-state index contributed by atoms with van der Waals surface area (Å²) >= 11 is 0. The molecule has 0 saturated carbocycles. The molecule has 3 N–H and O–H groups in total. The van der Waals surface area contributed by atoms with Gasteiger partial charge in [-0.1, -0.05) is 68.4 Å². The van der Waals surface area contributed by atoms with Gasteiger partial charge in [0.15, 0.2) is 5.82 Å². The van der Waals surface area contributed by atoms with E-state index in [1.165, 1.54) is 5.56 Å². The predicted molar refractivity (Wildman–Crippen MR) is 120 cm³/mol. The number of hydrogen-bond acceptors (Lipinski definition) is 6. The Balaban J connectivity index is 1.76. The van der Waals surface area contributed by atoms with Gasteiger partial charge in [-0.3, -0.25) is 0 Å². The van der Waals surface area contributed by atoms with Crippen molar-refractivity contribution in [2.75, 3.05) is 17.2 Å². The molecule has 2 heterocycles. The summed E-state index contributed by atoms with van der Waals surface area (Å²) < 4.78 is 0. The van der Waals surface area contributed by atoms with Gasteiger partial charge in [0.2, 0.25) is 0 Å². The van der Waals surface area contributed by atoms with Crippen LogP contribution in [0, 0.1) is 5.92 Å². The van der Waals surface area contributed by atoms with E-state index in [4.69, 9.17) is 10.7 Å². The molecule has 152 valence electrons. The molecule has 0 fully saturated rings. The average Bonchev–Trinajstić information content (AvgIpc) is 3.28. The van der Waals surface area contributed by atoms with Gasteiger partial charge in [-0.15, -0.1) is 5.10 Å². The van der Waals surface area contributed by atoms with Crippen molar-refractivity contribution in [1.29, 1.82) is 0 Å². The molecule has 0 radical (unpaired) electrons. The molecule has 4 rings (SSSR count). The molecule has 0 amide bonds. The zero-order valence-corrected chi connectivity index (χ0v) is 17.2. The largest absolute Gasteiger partial charge is 0.399 e. The molecule has 30 heavy (non-hydrogen) atoms. The van der Waals surface area contributed by atoms with Crippen molar-refractivity contribution in [3.8, 4) is 22.6 Å². The molecule has 7 heteroatoms. The van der Waals surface area contributed by atoms with Crippen LogP contribution in [0.25, 0.3) is 22.6 Å². The maximum absolute atomic E-state index is 6.31. The molecule has 2 aromatic carbocycles. The fourth-order valence-corrected chi connectivity index (χ4v) is 3.51. The van der Waals surface area contributed by atoms with Crippen LogP contribution in [0.3, 0.4) is 0 Å². The van der Waals surface area contributed by atoms with Crippen LogP contribution >= 0.6 is 0 Å². The first-order valence-electron chi connectivity index (χ1n) is 10.00. The third-order valence-electron chi connectivity index (χ3n) is 4.76. The normalized spacial score (nSPS) is 11.0. The van der Waals surface area contributed by atoms with E-state index in [0.717, 1.165) is 35.7 Å². The standard InChI is InChI=1S/C23H25N7/c1-16(2)14-30(15-17-8-4-3-5-9-17)22-13-18(24)12-21(25-22)19-10-6-7-11-20(19)23-26-28-29-27-23/h3-13,16H,14-15H2,1-2H3,(H2,24,25)(H,26,27,28,29). The second kappa shape index (κ2) is 8.73. The highest BCUT2D eigenvalue weighted by Crippen LogP contribution is 2.31. The number of aromatic nitrogens is 5. The molecular weight excluding hydrogens is 374 g/mol. The summed E-state index contributed by atoms with van der Waals surface area (Å²) in [5, 5.41) is 14.3. The minimum absolute atomic E-state index is 0.480. The van der Waals surface area contributed by atoms with Gasteiger partial charge in [0, 0.05) is 36.0 Å². The van der Waals surface area contributed by atoms with Crippen LogP contribution in [0.5, 0.6) is 0 Å². The maximum Gasteiger partial charge on any atom is 0.180 e. The maximum atomic E-state index is 6.31. The Morgan fingerprint density at radius 1 is 0.967 bits per heavy atom. The Labute approximate surface area is 176 Å². The van der Waals surface area contributed by atoms with Gasteiger partial charge in [-0.2, -0.15) is 0 Å². The Morgan fingerprint density at radius 3 is 2.40 bits per heavy atom. The molecular formula is C23H25N7. The van der Waals surface area contributed by atoms with Crippen molar-refractivity contribution in [2.45, 2.75) is 20.4 Å². The number of pyridine rings is 1. The van der Waals surface area contributed by atoms with E-state index >= 15 is 0 Å². The molecule has 0 aliphatic carbocycles. The van der Waals surface area contributed by atoms with E-state index in [1.54, 1.807) is 0 Å². The number of rotatable bonds is 7. The van der Waals surface area contributed by atoms with Crippen LogP contribution in [-0.4, -0.2) is 32.2 Å². The zero-order chi connectivity index (χ0) is 20.9. The molecule has 0 saturated heterocycles.